The van der Waals surface area contributed by atoms with Crippen molar-refractivity contribution in [1.82, 2.24) is 0 Å². The first-order valence-electron chi connectivity index (χ1n) is 8.06. The molecule has 7 heteroatoms. The lowest BCUT2D eigenvalue weighted by molar-refractivity contribution is -0.114. The number of ether oxygens (including phenoxy) is 1. The van der Waals surface area contributed by atoms with Gasteiger partial charge in [0.05, 0.1) is 10.4 Å². The van der Waals surface area contributed by atoms with E-state index in [0.29, 0.717) is 27.6 Å². The SMILES string of the molecule is CC(=O)Nc1ccc(OC(=O)c2ccc(NC(=O)c3cccs3)cc2)cc1. The number of hydrogen-bond acceptors (Lipinski definition) is 5. The van der Waals surface area contributed by atoms with Crippen LogP contribution in [0.15, 0.2) is 66.0 Å². The van der Waals surface area contributed by atoms with Gasteiger partial charge in [-0.2, -0.15) is 0 Å². The molecule has 1 heterocycles. The van der Waals surface area contributed by atoms with Crippen molar-refractivity contribution in [2.45, 2.75) is 6.92 Å². The van der Waals surface area contributed by atoms with Crippen LogP contribution in [0.3, 0.4) is 0 Å². The van der Waals surface area contributed by atoms with Gasteiger partial charge in [0.15, 0.2) is 0 Å². The third kappa shape index (κ3) is 5.02. The summed E-state index contributed by atoms with van der Waals surface area (Å²) in [5.74, 6) is -0.520. The van der Waals surface area contributed by atoms with E-state index < -0.39 is 5.97 Å². The van der Waals surface area contributed by atoms with Crippen LogP contribution >= 0.6 is 11.3 Å². The molecule has 6 nitrogen and oxygen atoms in total. The van der Waals surface area contributed by atoms with Crippen molar-refractivity contribution < 1.29 is 19.1 Å². The summed E-state index contributed by atoms with van der Waals surface area (Å²) in [6, 6.07) is 16.5. The molecule has 0 bridgehead atoms. The molecule has 0 spiro atoms. The quantitative estimate of drug-likeness (QED) is 0.514. The van der Waals surface area contributed by atoms with Gasteiger partial charge in [0.2, 0.25) is 5.91 Å². The number of rotatable bonds is 5. The van der Waals surface area contributed by atoms with Crippen molar-refractivity contribution in [2.75, 3.05) is 10.6 Å². The van der Waals surface area contributed by atoms with Crippen LogP contribution in [0.25, 0.3) is 0 Å². The Morgan fingerprint density at radius 3 is 2.07 bits per heavy atom. The molecule has 136 valence electrons. The summed E-state index contributed by atoms with van der Waals surface area (Å²) in [6.45, 7) is 1.42. The molecule has 0 fully saturated rings. The molecule has 2 aromatic carbocycles. The minimum Gasteiger partial charge on any atom is -0.423 e. The van der Waals surface area contributed by atoms with Crippen molar-refractivity contribution >= 4 is 40.5 Å². The molecule has 0 aliphatic heterocycles. The lowest BCUT2D eigenvalue weighted by atomic mass is 10.2. The van der Waals surface area contributed by atoms with Crippen LogP contribution in [-0.4, -0.2) is 17.8 Å². The molecule has 0 saturated heterocycles. The first-order chi connectivity index (χ1) is 13.0. The van der Waals surface area contributed by atoms with Crippen LogP contribution in [0, 0.1) is 0 Å². The summed E-state index contributed by atoms with van der Waals surface area (Å²) >= 11 is 1.35. The van der Waals surface area contributed by atoms with Gasteiger partial charge < -0.3 is 15.4 Å². The molecule has 0 aliphatic rings. The fourth-order valence-electron chi connectivity index (χ4n) is 2.27. The Labute approximate surface area is 159 Å². The van der Waals surface area contributed by atoms with E-state index >= 15 is 0 Å². The fourth-order valence-corrected chi connectivity index (χ4v) is 2.88. The highest BCUT2D eigenvalue weighted by Crippen LogP contribution is 2.18. The summed E-state index contributed by atoms with van der Waals surface area (Å²) in [4.78, 5) is 35.8. The predicted octanol–water partition coefficient (Wildman–Crippen LogP) is 4.18. The summed E-state index contributed by atoms with van der Waals surface area (Å²) in [5, 5.41) is 7.23. The third-order valence-corrected chi connectivity index (χ3v) is 4.38. The second-order valence-corrected chi connectivity index (χ2v) is 6.55. The molecule has 27 heavy (non-hydrogen) atoms. The maximum absolute atomic E-state index is 12.2. The molecule has 1 aromatic heterocycles. The highest BCUT2D eigenvalue weighted by molar-refractivity contribution is 7.12. The first kappa shape index (κ1) is 18.3. The molecule has 0 unspecified atom stereocenters. The largest absolute Gasteiger partial charge is 0.423 e. The standard InChI is InChI=1S/C20H16N2O4S/c1-13(23)21-15-8-10-17(11-9-15)26-20(25)14-4-6-16(7-5-14)22-19(24)18-3-2-12-27-18/h2-12H,1H3,(H,21,23)(H,22,24). The minimum atomic E-state index is -0.515. The van der Waals surface area contributed by atoms with Gasteiger partial charge in [-0.15, -0.1) is 11.3 Å². The molecule has 0 saturated carbocycles. The molecule has 2 N–H and O–H groups in total. The molecule has 0 radical (unpaired) electrons. The molecule has 2 amide bonds. The summed E-state index contributed by atoms with van der Waals surface area (Å²) in [5.41, 5.74) is 1.56. The van der Waals surface area contributed by atoms with E-state index in [1.165, 1.54) is 18.3 Å². The minimum absolute atomic E-state index is 0.175. The third-order valence-electron chi connectivity index (χ3n) is 3.51. The lowest BCUT2D eigenvalue weighted by Gasteiger charge is -2.07. The number of benzene rings is 2. The zero-order valence-corrected chi connectivity index (χ0v) is 15.2. The number of thiophene rings is 1. The van der Waals surface area contributed by atoms with Crippen LogP contribution in [0.5, 0.6) is 5.75 Å². The van der Waals surface area contributed by atoms with Crippen molar-refractivity contribution in [3.05, 3.63) is 76.5 Å². The number of nitrogens with one attached hydrogen (secondary N) is 2. The van der Waals surface area contributed by atoms with Crippen molar-refractivity contribution in [3.63, 3.8) is 0 Å². The monoisotopic (exact) mass is 380 g/mol. The van der Waals surface area contributed by atoms with Crippen molar-refractivity contribution in [3.8, 4) is 5.75 Å². The average Bonchev–Trinajstić information content (AvgIpc) is 3.18. The van der Waals surface area contributed by atoms with E-state index in [2.05, 4.69) is 10.6 Å². The van der Waals surface area contributed by atoms with E-state index in [-0.39, 0.29) is 11.8 Å². The molecular formula is C20H16N2O4S. The van der Waals surface area contributed by atoms with Crippen LogP contribution in [0.2, 0.25) is 0 Å². The Kier molecular flexibility index (Phi) is 5.63. The Hall–Kier alpha value is -3.45. The van der Waals surface area contributed by atoms with Gasteiger partial charge in [0.25, 0.3) is 5.91 Å². The van der Waals surface area contributed by atoms with E-state index in [4.69, 9.17) is 4.74 Å². The second-order valence-electron chi connectivity index (χ2n) is 5.60. The highest BCUT2D eigenvalue weighted by Gasteiger charge is 2.11. The van der Waals surface area contributed by atoms with E-state index in [1.54, 1.807) is 60.7 Å². The molecule has 3 rings (SSSR count). The Morgan fingerprint density at radius 2 is 1.48 bits per heavy atom. The smallest absolute Gasteiger partial charge is 0.343 e. The normalized spacial score (nSPS) is 10.1. The van der Waals surface area contributed by atoms with Crippen molar-refractivity contribution in [2.24, 2.45) is 0 Å². The number of anilines is 2. The number of carbonyl (C=O) groups excluding carboxylic acids is 3. The number of hydrogen-bond donors (Lipinski definition) is 2. The Bertz CT molecular complexity index is 949. The molecule has 0 atom stereocenters. The van der Waals surface area contributed by atoms with Gasteiger partial charge >= 0.3 is 5.97 Å². The van der Waals surface area contributed by atoms with Gasteiger partial charge in [-0.05, 0) is 60.0 Å². The van der Waals surface area contributed by atoms with Gasteiger partial charge in [0, 0.05) is 18.3 Å². The Morgan fingerprint density at radius 1 is 0.852 bits per heavy atom. The number of carbonyl (C=O) groups is 3. The lowest BCUT2D eigenvalue weighted by Crippen LogP contribution is -2.11. The molecular weight excluding hydrogens is 364 g/mol. The summed E-state index contributed by atoms with van der Waals surface area (Å²) < 4.78 is 5.30. The number of amides is 2. The fraction of sp³-hybridized carbons (Fsp3) is 0.0500. The van der Waals surface area contributed by atoms with Gasteiger partial charge in [-0.25, -0.2) is 4.79 Å². The Balaban J connectivity index is 1.60. The zero-order chi connectivity index (χ0) is 19.2. The average molecular weight is 380 g/mol. The van der Waals surface area contributed by atoms with E-state index in [9.17, 15) is 14.4 Å². The first-order valence-corrected chi connectivity index (χ1v) is 8.94. The highest BCUT2D eigenvalue weighted by atomic mass is 32.1. The maximum atomic E-state index is 12.2. The summed E-state index contributed by atoms with van der Waals surface area (Å²) in [6.07, 6.45) is 0. The number of esters is 1. The zero-order valence-electron chi connectivity index (χ0n) is 14.4. The van der Waals surface area contributed by atoms with Crippen LogP contribution in [0.1, 0.15) is 27.0 Å². The molecule has 3 aromatic rings. The van der Waals surface area contributed by atoms with Gasteiger partial charge in [0.1, 0.15) is 5.75 Å². The molecule has 0 aliphatic carbocycles. The van der Waals surface area contributed by atoms with Crippen molar-refractivity contribution in [1.29, 1.82) is 0 Å². The maximum Gasteiger partial charge on any atom is 0.343 e. The topological polar surface area (TPSA) is 84.5 Å². The van der Waals surface area contributed by atoms with Crippen LogP contribution < -0.4 is 15.4 Å². The van der Waals surface area contributed by atoms with E-state index in [0.717, 1.165) is 0 Å². The van der Waals surface area contributed by atoms with Crippen LogP contribution in [-0.2, 0) is 4.79 Å². The van der Waals surface area contributed by atoms with Gasteiger partial charge in [-0.1, -0.05) is 6.07 Å². The van der Waals surface area contributed by atoms with Gasteiger partial charge in [-0.3, -0.25) is 9.59 Å². The van der Waals surface area contributed by atoms with E-state index in [1.807, 2.05) is 5.38 Å². The predicted molar refractivity (Wildman–Crippen MR) is 104 cm³/mol. The summed E-state index contributed by atoms with van der Waals surface area (Å²) in [7, 11) is 0. The van der Waals surface area contributed by atoms with Crippen LogP contribution in [0.4, 0.5) is 11.4 Å². The second kappa shape index (κ2) is 8.29.